The molecule has 0 radical (unpaired) electrons. The lowest BCUT2D eigenvalue weighted by Crippen LogP contribution is -2.33. The number of rotatable bonds is 7. The number of likely N-dealkylation sites (N-methyl/N-ethyl adjacent to an activating group) is 1. The molecule has 1 aromatic rings. The molecule has 1 aliphatic carbocycles. The Morgan fingerprint density at radius 1 is 1.44 bits per heavy atom. The second-order valence-corrected chi connectivity index (χ2v) is 4.96. The molecule has 0 aliphatic heterocycles. The first kappa shape index (κ1) is 13.2. The Labute approximate surface area is 109 Å². The topological polar surface area (TPSA) is 50.3 Å². The molecule has 2 rings (SSSR count). The third-order valence-corrected chi connectivity index (χ3v) is 3.25. The zero-order valence-corrected chi connectivity index (χ0v) is 11.4. The lowest BCUT2D eigenvalue weighted by molar-refractivity contribution is 0.183. The largest absolute Gasteiger partial charge is 0.383 e. The fraction of sp³-hybridized carbons (Fsp3) is 0.692. The standard InChI is InChI=1S/C13H22N4O/c1-10(9-18-3)17(2)13-15-7-11(8-16-13)6-14-12-4-5-12/h7-8,10,12,14H,4-6,9H2,1-3H3. The molecule has 0 bridgehead atoms. The van der Waals surface area contributed by atoms with Crippen molar-refractivity contribution in [1.29, 1.82) is 0 Å². The molecule has 0 aromatic carbocycles. The molecular weight excluding hydrogens is 228 g/mol. The van der Waals surface area contributed by atoms with Crippen LogP contribution in [-0.4, -0.2) is 42.8 Å². The van der Waals surface area contributed by atoms with E-state index in [1.165, 1.54) is 12.8 Å². The minimum Gasteiger partial charge on any atom is -0.383 e. The molecule has 1 aromatic heterocycles. The second kappa shape index (κ2) is 6.11. The van der Waals surface area contributed by atoms with Crippen LogP contribution < -0.4 is 10.2 Å². The van der Waals surface area contributed by atoms with Gasteiger partial charge in [-0.3, -0.25) is 0 Å². The van der Waals surface area contributed by atoms with E-state index in [0.29, 0.717) is 12.6 Å². The number of aromatic nitrogens is 2. The summed E-state index contributed by atoms with van der Waals surface area (Å²) in [5, 5.41) is 3.45. The van der Waals surface area contributed by atoms with Gasteiger partial charge in [0.05, 0.1) is 12.6 Å². The van der Waals surface area contributed by atoms with E-state index < -0.39 is 0 Å². The molecule has 5 heteroatoms. The number of hydrogen-bond acceptors (Lipinski definition) is 5. The number of hydrogen-bond donors (Lipinski definition) is 1. The minimum absolute atomic E-state index is 0.269. The van der Waals surface area contributed by atoms with E-state index in [9.17, 15) is 0 Å². The number of nitrogens with one attached hydrogen (secondary N) is 1. The number of methoxy groups -OCH3 is 1. The zero-order chi connectivity index (χ0) is 13.0. The summed E-state index contributed by atoms with van der Waals surface area (Å²) >= 11 is 0. The van der Waals surface area contributed by atoms with Gasteiger partial charge in [-0.1, -0.05) is 0 Å². The minimum atomic E-state index is 0.269. The van der Waals surface area contributed by atoms with Gasteiger partial charge in [-0.15, -0.1) is 0 Å². The van der Waals surface area contributed by atoms with Gasteiger partial charge in [0.2, 0.25) is 5.95 Å². The number of nitrogens with zero attached hydrogens (tertiary/aromatic N) is 3. The predicted molar refractivity (Wildman–Crippen MR) is 71.6 cm³/mol. The maximum atomic E-state index is 5.13. The summed E-state index contributed by atoms with van der Waals surface area (Å²) in [6, 6.07) is 0.986. The molecule has 1 atom stereocenters. The van der Waals surface area contributed by atoms with E-state index in [0.717, 1.165) is 18.1 Å². The van der Waals surface area contributed by atoms with Gasteiger partial charge in [0.15, 0.2) is 0 Å². The van der Waals surface area contributed by atoms with Crippen LogP contribution in [0.5, 0.6) is 0 Å². The summed E-state index contributed by atoms with van der Waals surface area (Å²) in [6.07, 6.45) is 6.40. The van der Waals surface area contributed by atoms with Crippen LogP contribution in [0.2, 0.25) is 0 Å². The fourth-order valence-electron chi connectivity index (χ4n) is 1.72. The summed E-state index contributed by atoms with van der Waals surface area (Å²) in [6.45, 7) is 3.63. The van der Waals surface area contributed by atoms with Crippen molar-refractivity contribution in [1.82, 2.24) is 15.3 Å². The Bertz CT molecular complexity index is 364. The van der Waals surface area contributed by atoms with Crippen molar-refractivity contribution in [3.63, 3.8) is 0 Å². The van der Waals surface area contributed by atoms with E-state index in [-0.39, 0.29) is 6.04 Å². The highest BCUT2D eigenvalue weighted by atomic mass is 16.5. The third-order valence-electron chi connectivity index (χ3n) is 3.25. The Balaban J connectivity index is 1.88. The summed E-state index contributed by atoms with van der Waals surface area (Å²) in [4.78, 5) is 10.8. The van der Waals surface area contributed by atoms with Crippen LogP contribution in [0, 0.1) is 0 Å². The average Bonchev–Trinajstić information content (AvgIpc) is 3.20. The van der Waals surface area contributed by atoms with E-state index in [1.807, 2.05) is 24.3 Å². The van der Waals surface area contributed by atoms with Crippen molar-refractivity contribution in [2.45, 2.75) is 38.4 Å². The van der Waals surface area contributed by atoms with Gasteiger partial charge in [0.1, 0.15) is 0 Å². The van der Waals surface area contributed by atoms with Crippen molar-refractivity contribution in [3.8, 4) is 0 Å². The van der Waals surface area contributed by atoms with Gasteiger partial charge in [0, 0.05) is 44.7 Å². The first-order chi connectivity index (χ1) is 8.70. The fourth-order valence-corrected chi connectivity index (χ4v) is 1.72. The van der Waals surface area contributed by atoms with Gasteiger partial charge in [-0.25, -0.2) is 9.97 Å². The van der Waals surface area contributed by atoms with Crippen LogP contribution in [0.3, 0.4) is 0 Å². The van der Waals surface area contributed by atoms with Crippen LogP contribution in [0.25, 0.3) is 0 Å². The van der Waals surface area contributed by atoms with Crippen LogP contribution in [-0.2, 0) is 11.3 Å². The molecule has 5 nitrogen and oxygen atoms in total. The lowest BCUT2D eigenvalue weighted by Gasteiger charge is -2.24. The SMILES string of the molecule is COCC(C)N(C)c1ncc(CNC2CC2)cn1. The van der Waals surface area contributed by atoms with E-state index in [4.69, 9.17) is 4.74 Å². The van der Waals surface area contributed by atoms with Crippen molar-refractivity contribution in [3.05, 3.63) is 18.0 Å². The third kappa shape index (κ3) is 3.65. The highest BCUT2D eigenvalue weighted by Crippen LogP contribution is 2.19. The molecule has 100 valence electrons. The van der Waals surface area contributed by atoms with Crippen molar-refractivity contribution in [2.24, 2.45) is 0 Å². The molecule has 1 saturated carbocycles. The Hall–Kier alpha value is -1.20. The molecule has 1 aliphatic rings. The first-order valence-electron chi connectivity index (χ1n) is 6.46. The lowest BCUT2D eigenvalue weighted by atomic mass is 10.3. The van der Waals surface area contributed by atoms with Crippen LogP contribution in [0.4, 0.5) is 5.95 Å². The Morgan fingerprint density at radius 3 is 2.67 bits per heavy atom. The Kier molecular flexibility index (Phi) is 4.49. The van der Waals surface area contributed by atoms with E-state index in [2.05, 4.69) is 22.2 Å². The summed E-state index contributed by atoms with van der Waals surface area (Å²) in [5.41, 5.74) is 1.14. The first-order valence-corrected chi connectivity index (χ1v) is 6.46. The van der Waals surface area contributed by atoms with Crippen molar-refractivity contribution < 1.29 is 4.74 Å². The highest BCUT2D eigenvalue weighted by Gasteiger charge is 2.20. The molecule has 0 amide bonds. The predicted octanol–water partition coefficient (Wildman–Crippen LogP) is 1.20. The van der Waals surface area contributed by atoms with Crippen LogP contribution >= 0.6 is 0 Å². The van der Waals surface area contributed by atoms with Gasteiger partial charge >= 0.3 is 0 Å². The summed E-state index contributed by atoms with van der Waals surface area (Å²) < 4.78 is 5.13. The molecule has 0 saturated heterocycles. The molecule has 1 fully saturated rings. The molecule has 1 N–H and O–H groups in total. The Morgan fingerprint density at radius 2 is 2.11 bits per heavy atom. The quantitative estimate of drug-likeness (QED) is 0.788. The number of anilines is 1. The highest BCUT2D eigenvalue weighted by molar-refractivity contribution is 5.29. The molecule has 1 unspecified atom stereocenters. The number of ether oxygens (including phenoxy) is 1. The van der Waals surface area contributed by atoms with Crippen molar-refractivity contribution in [2.75, 3.05) is 25.7 Å². The van der Waals surface area contributed by atoms with Gasteiger partial charge in [-0.2, -0.15) is 0 Å². The van der Waals surface area contributed by atoms with E-state index >= 15 is 0 Å². The maximum absolute atomic E-state index is 5.13. The van der Waals surface area contributed by atoms with Crippen LogP contribution in [0.15, 0.2) is 12.4 Å². The molecule has 18 heavy (non-hydrogen) atoms. The van der Waals surface area contributed by atoms with Gasteiger partial charge in [0.25, 0.3) is 0 Å². The molecule has 1 heterocycles. The molecular formula is C13H22N4O. The van der Waals surface area contributed by atoms with E-state index in [1.54, 1.807) is 7.11 Å². The smallest absolute Gasteiger partial charge is 0.225 e. The zero-order valence-electron chi connectivity index (χ0n) is 11.4. The average molecular weight is 250 g/mol. The van der Waals surface area contributed by atoms with Gasteiger partial charge in [-0.05, 0) is 19.8 Å². The van der Waals surface area contributed by atoms with Crippen LogP contribution in [0.1, 0.15) is 25.3 Å². The summed E-state index contributed by atoms with van der Waals surface area (Å²) in [5.74, 6) is 0.745. The normalized spacial score (nSPS) is 16.6. The molecule has 0 spiro atoms. The second-order valence-electron chi connectivity index (χ2n) is 4.96. The maximum Gasteiger partial charge on any atom is 0.225 e. The van der Waals surface area contributed by atoms with Crippen molar-refractivity contribution >= 4 is 5.95 Å². The van der Waals surface area contributed by atoms with Gasteiger partial charge < -0.3 is 15.0 Å². The summed E-state index contributed by atoms with van der Waals surface area (Å²) in [7, 11) is 3.69. The monoisotopic (exact) mass is 250 g/mol.